The Labute approximate surface area is 185 Å². The third-order valence-electron chi connectivity index (χ3n) is 4.75. The smallest absolute Gasteiger partial charge is 0.242 e. The highest BCUT2D eigenvalue weighted by Gasteiger charge is 2.28. The van der Waals surface area contributed by atoms with Gasteiger partial charge in [-0.1, -0.05) is 59.7 Å². The van der Waals surface area contributed by atoms with Crippen LogP contribution in [-0.4, -0.2) is 34.0 Å². The number of carbonyl (C=O) groups is 2. The maximum atomic E-state index is 13.1. The first-order valence-electron chi connectivity index (χ1n) is 10.4. The van der Waals surface area contributed by atoms with E-state index in [2.05, 4.69) is 36.5 Å². The predicted molar refractivity (Wildman–Crippen MR) is 126 cm³/mol. The average Bonchev–Trinajstić information content (AvgIpc) is 2.67. The molecule has 0 aliphatic carbocycles. The number of nitrogens with one attached hydrogen (secondary N) is 1. The quantitative estimate of drug-likeness (QED) is 0.655. The molecular weight excluding hydrogens is 392 g/mol. The summed E-state index contributed by atoms with van der Waals surface area (Å²) < 4.78 is 0. The van der Waals surface area contributed by atoms with E-state index in [1.54, 1.807) is 23.6 Å². The topological polar surface area (TPSA) is 49.4 Å². The van der Waals surface area contributed by atoms with Crippen LogP contribution in [-0.2, 0) is 21.9 Å². The van der Waals surface area contributed by atoms with Crippen molar-refractivity contribution in [1.82, 2.24) is 10.2 Å². The van der Waals surface area contributed by atoms with Crippen LogP contribution in [0.5, 0.6) is 0 Å². The van der Waals surface area contributed by atoms with Gasteiger partial charge in [-0.05, 0) is 52.7 Å². The van der Waals surface area contributed by atoms with Gasteiger partial charge in [0.05, 0.1) is 5.75 Å². The lowest BCUT2D eigenvalue weighted by atomic mass is 10.1. The van der Waals surface area contributed by atoms with Gasteiger partial charge in [0.15, 0.2) is 0 Å². The minimum atomic E-state index is -0.544. The molecule has 0 fully saturated rings. The van der Waals surface area contributed by atoms with Crippen LogP contribution in [0, 0.1) is 13.8 Å². The van der Waals surface area contributed by atoms with Crippen molar-refractivity contribution in [2.24, 2.45) is 0 Å². The van der Waals surface area contributed by atoms with Gasteiger partial charge >= 0.3 is 0 Å². The third-order valence-corrected chi connectivity index (χ3v) is 5.74. The van der Waals surface area contributed by atoms with Crippen molar-refractivity contribution in [3.8, 4) is 0 Å². The summed E-state index contributed by atoms with van der Waals surface area (Å²) >= 11 is 1.58. The van der Waals surface area contributed by atoms with E-state index in [0.29, 0.717) is 12.3 Å². The molecule has 4 nitrogen and oxygen atoms in total. The number of nitrogens with zero attached hydrogens (tertiary/aromatic N) is 1. The predicted octanol–water partition coefficient (Wildman–Crippen LogP) is 4.87. The molecule has 0 heterocycles. The molecule has 0 spiro atoms. The zero-order valence-electron chi connectivity index (χ0n) is 19.0. The number of amides is 2. The summed E-state index contributed by atoms with van der Waals surface area (Å²) in [5.74, 6) is 0.954. The first-order chi connectivity index (χ1) is 14.0. The highest BCUT2D eigenvalue weighted by molar-refractivity contribution is 7.99. The SMILES string of the molecule is Cc1ccc(CSCC(=O)N(Cc2ccc(C)cc2)[C@H](C)C(=O)NC(C)(C)C)cc1. The molecule has 5 heteroatoms. The summed E-state index contributed by atoms with van der Waals surface area (Å²) in [6.45, 7) is 12.2. The van der Waals surface area contributed by atoms with Crippen LogP contribution in [0.2, 0.25) is 0 Å². The van der Waals surface area contributed by atoms with Crippen LogP contribution in [0.25, 0.3) is 0 Å². The molecule has 1 atom stereocenters. The Morgan fingerprint density at radius 1 is 0.933 bits per heavy atom. The molecule has 2 rings (SSSR count). The molecule has 0 aliphatic rings. The van der Waals surface area contributed by atoms with Crippen LogP contribution in [0.1, 0.15) is 49.9 Å². The molecular formula is C25H34N2O2S. The lowest BCUT2D eigenvalue weighted by molar-refractivity contribution is -0.139. The van der Waals surface area contributed by atoms with Gasteiger partial charge in [-0.3, -0.25) is 9.59 Å². The zero-order chi connectivity index (χ0) is 22.3. The summed E-state index contributed by atoms with van der Waals surface area (Å²) in [7, 11) is 0. The number of thioether (sulfide) groups is 1. The van der Waals surface area contributed by atoms with Gasteiger partial charge in [0.2, 0.25) is 11.8 Å². The van der Waals surface area contributed by atoms with E-state index in [0.717, 1.165) is 11.3 Å². The Bertz CT molecular complexity index is 839. The fraction of sp³-hybridized carbons (Fsp3) is 0.440. The minimum Gasteiger partial charge on any atom is -0.350 e. The van der Waals surface area contributed by atoms with Gasteiger partial charge in [-0.2, -0.15) is 0 Å². The van der Waals surface area contributed by atoms with E-state index in [1.165, 1.54) is 16.7 Å². The summed E-state index contributed by atoms with van der Waals surface area (Å²) in [6, 6.07) is 15.9. The van der Waals surface area contributed by atoms with Gasteiger partial charge in [0, 0.05) is 17.8 Å². The second-order valence-electron chi connectivity index (χ2n) is 8.90. The Hall–Kier alpha value is -2.27. The van der Waals surface area contributed by atoms with Crippen molar-refractivity contribution in [3.05, 3.63) is 70.8 Å². The molecule has 0 unspecified atom stereocenters. The number of benzene rings is 2. The standard InChI is InChI=1S/C25H34N2O2S/c1-18-7-11-21(12-8-18)15-27(20(3)24(29)26-25(4,5)6)23(28)17-30-16-22-13-9-19(2)10-14-22/h7-14,20H,15-17H2,1-6H3,(H,26,29)/t20-/m1/s1. The molecule has 0 aliphatic heterocycles. The van der Waals surface area contributed by atoms with Crippen LogP contribution in [0.3, 0.4) is 0 Å². The molecule has 1 N–H and O–H groups in total. The molecule has 162 valence electrons. The van der Waals surface area contributed by atoms with Crippen LogP contribution in [0.4, 0.5) is 0 Å². The van der Waals surface area contributed by atoms with Crippen molar-refractivity contribution >= 4 is 23.6 Å². The second kappa shape index (κ2) is 10.7. The Morgan fingerprint density at radius 2 is 1.43 bits per heavy atom. The number of hydrogen-bond acceptors (Lipinski definition) is 3. The lowest BCUT2D eigenvalue weighted by Crippen LogP contribution is -2.52. The lowest BCUT2D eigenvalue weighted by Gasteiger charge is -2.31. The molecule has 0 bridgehead atoms. The highest BCUT2D eigenvalue weighted by Crippen LogP contribution is 2.17. The molecule has 2 aromatic rings. The number of hydrogen-bond donors (Lipinski definition) is 1. The van der Waals surface area contributed by atoms with Gasteiger partial charge in [-0.25, -0.2) is 0 Å². The fourth-order valence-electron chi connectivity index (χ4n) is 2.97. The largest absolute Gasteiger partial charge is 0.350 e. The van der Waals surface area contributed by atoms with Gasteiger partial charge in [0.25, 0.3) is 0 Å². The molecule has 2 aromatic carbocycles. The summed E-state index contributed by atoms with van der Waals surface area (Å²) in [5, 5.41) is 3.00. The van der Waals surface area contributed by atoms with Gasteiger partial charge in [0.1, 0.15) is 6.04 Å². The summed E-state index contributed by atoms with van der Waals surface area (Å²) in [4.78, 5) is 27.5. The van der Waals surface area contributed by atoms with E-state index in [9.17, 15) is 9.59 Å². The van der Waals surface area contributed by atoms with Crippen molar-refractivity contribution in [1.29, 1.82) is 0 Å². The molecule has 0 radical (unpaired) electrons. The molecule has 30 heavy (non-hydrogen) atoms. The average molecular weight is 427 g/mol. The van der Waals surface area contributed by atoms with Crippen molar-refractivity contribution in [2.45, 2.75) is 65.4 Å². The highest BCUT2D eigenvalue weighted by atomic mass is 32.2. The maximum absolute atomic E-state index is 13.1. The number of aryl methyl sites for hydroxylation is 2. The van der Waals surface area contributed by atoms with Crippen molar-refractivity contribution in [2.75, 3.05) is 5.75 Å². The van der Waals surface area contributed by atoms with Crippen LogP contribution in [0.15, 0.2) is 48.5 Å². The monoisotopic (exact) mass is 426 g/mol. The second-order valence-corrected chi connectivity index (χ2v) is 9.89. The maximum Gasteiger partial charge on any atom is 0.242 e. The van der Waals surface area contributed by atoms with Crippen LogP contribution >= 0.6 is 11.8 Å². The molecule has 0 saturated carbocycles. The van der Waals surface area contributed by atoms with Crippen LogP contribution < -0.4 is 5.32 Å². The summed E-state index contributed by atoms with van der Waals surface area (Å²) in [6.07, 6.45) is 0. The third kappa shape index (κ3) is 7.86. The van der Waals surface area contributed by atoms with E-state index in [-0.39, 0.29) is 17.4 Å². The first-order valence-corrected chi connectivity index (χ1v) is 11.5. The van der Waals surface area contributed by atoms with E-state index in [1.807, 2.05) is 52.0 Å². The minimum absolute atomic E-state index is 0.0238. The van der Waals surface area contributed by atoms with Crippen molar-refractivity contribution < 1.29 is 9.59 Å². The van der Waals surface area contributed by atoms with Gasteiger partial charge in [-0.15, -0.1) is 11.8 Å². The van der Waals surface area contributed by atoms with Crippen molar-refractivity contribution in [3.63, 3.8) is 0 Å². The fourth-order valence-corrected chi connectivity index (χ4v) is 3.84. The molecule has 2 amide bonds. The Balaban J connectivity index is 2.08. The zero-order valence-corrected chi connectivity index (χ0v) is 19.8. The normalized spacial score (nSPS) is 12.3. The number of carbonyl (C=O) groups excluding carboxylic acids is 2. The van der Waals surface area contributed by atoms with E-state index in [4.69, 9.17) is 0 Å². The Morgan fingerprint density at radius 3 is 1.93 bits per heavy atom. The van der Waals surface area contributed by atoms with Gasteiger partial charge < -0.3 is 10.2 Å². The van der Waals surface area contributed by atoms with E-state index < -0.39 is 6.04 Å². The summed E-state index contributed by atoms with van der Waals surface area (Å²) in [5.41, 5.74) is 4.27. The first kappa shape index (κ1) is 24.0. The number of rotatable bonds is 8. The molecule has 0 aromatic heterocycles. The Kier molecular flexibility index (Phi) is 8.54. The molecule has 0 saturated heterocycles. The van der Waals surface area contributed by atoms with E-state index >= 15 is 0 Å².